The lowest BCUT2D eigenvalue weighted by Crippen LogP contribution is -2.50. The summed E-state index contributed by atoms with van der Waals surface area (Å²) in [5, 5.41) is 11.6. The van der Waals surface area contributed by atoms with Crippen LogP contribution in [-0.2, 0) is 45.2 Å². The summed E-state index contributed by atoms with van der Waals surface area (Å²) in [7, 11) is 3.00. The molecule has 5 aromatic rings. The van der Waals surface area contributed by atoms with Crippen LogP contribution in [0, 0.1) is 0 Å². The average Bonchev–Trinajstić information content (AvgIpc) is 3.86. The number of nitrogens with zero attached hydrogens (tertiary/aromatic N) is 3. The number of rotatable bonds is 18. The fraction of sp³-hybridized carbons (Fsp3) is 0.315. The highest BCUT2D eigenvalue weighted by molar-refractivity contribution is 6.15. The Morgan fingerprint density at radius 2 is 1.31 bits per heavy atom. The topological polar surface area (TPSA) is 232 Å². The van der Waals surface area contributed by atoms with Gasteiger partial charge in [0.25, 0.3) is 11.8 Å². The summed E-state index contributed by atoms with van der Waals surface area (Å²) < 4.78 is 24.4. The van der Waals surface area contributed by atoms with E-state index in [1.165, 1.54) is 28.1 Å². The number of hydrogen-bond donors (Lipinski definition) is 5. The summed E-state index contributed by atoms with van der Waals surface area (Å²) in [5.74, 6) is -0.889. The van der Waals surface area contributed by atoms with Gasteiger partial charge in [-0.2, -0.15) is 0 Å². The van der Waals surface area contributed by atoms with Crippen molar-refractivity contribution in [3.8, 4) is 23.0 Å². The standard InChI is InChI=1S/C54H56N8O10/c1-30(58-50(64)16-10-9-15-49(55)63)51(65)59-31(2)52(66)60-36-18-32(28-71-47-24-41-39(22-45(47)69-3)53(67)61-37(26-56-41)20-34-11-5-7-13-43(34)61)17-33(19-36)29-72-48-25-42-40(23-46(48)70-4)54(68)62-38(27-57-42)21-35-12-6-8-14-44(35)62/h5-8,11-14,17-19,22-26,30-31,37-38,57H,9-10,15-16,20-21,27-29H2,1-4H3,(H2,55,63)(H,58,64)(H,59,65)(H,60,66)/t30-,31+,37-,38-/m0/s1. The van der Waals surface area contributed by atoms with Crippen LogP contribution in [0.4, 0.5) is 28.4 Å². The van der Waals surface area contributed by atoms with Gasteiger partial charge in [0.1, 0.15) is 25.3 Å². The Morgan fingerprint density at radius 3 is 1.99 bits per heavy atom. The molecule has 0 bridgehead atoms. The van der Waals surface area contributed by atoms with E-state index in [1.54, 1.807) is 47.5 Å². The number of hydrogen-bond acceptors (Lipinski definition) is 12. The first-order valence-electron chi connectivity index (χ1n) is 23.9. The molecule has 9 rings (SSSR count). The lowest BCUT2D eigenvalue weighted by Gasteiger charge is -2.22. The van der Waals surface area contributed by atoms with Gasteiger partial charge in [0, 0.05) is 61.2 Å². The van der Waals surface area contributed by atoms with Gasteiger partial charge in [0.15, 0.2) is 23.0 Å². The molecule has 5 aromatic carbocycles. The molecule has 18 nitrogen and oxygen atoms in total. The van der Waals surface area contributed by atoms with E-state index in [9.17, 15) is 28.8 Å². The van der Waals surface area contributed by atoms with Crippen molar-refractivity contribution in [3.05, 3.63) is 124 Å². The average molecular weight is 977 g/mol. The highest BCUT2D eigenvalue weighted by Gasteiger charge is 2.39. The van der Waals surface area contributed by atoms with Gasteiger partial charge >= 0.3 is 0 Å². The number of ether oxygens (including phenoxy) is 4. The minimum absolute atomic E-state index is 0.00620. The summed E-state index contributed by atoms with van der Waals surface area (Å²) in [6.45, 7) is 3.54. The van der Waals surface area contributed by atoms with Crippen molar-refractivity contribution in [2.45, 2.75) is 89.8 Å². The molecule has 4 heterocycles. The van der Waals surface area contributed by atoms with Crippen molar-refractivity contribution in [1.29, 1.82) is 0 Å². The van der Waals surface area contributed by atoms with Crippen molar-refractivity contribution in [1.82, 2.24) is 10.6 Å². The van der Waals surface area contributed by atoms with Gasteiger partial charge in [-0.3, -0.25) is 38.7 Å². The van der Waals surface area contributed by atoms with E-state index in [4.69, 9.17) is 29.7 Å². The van der Waals surface area contributed by atoms with E-state index in [-0.39, 0.29) is 55.9 Å². The van der Waals surface area contributed by atoms with E-state index in [1.807, 2.05) is 59.5 Å². The molecule has 0 unspecified atom stereocenters. The Kier molecular flexibility index (Phi) is 14.1. The van der Waals surface area contributed by atoms with Crippen LogP contribution in [-0.4, -0.2) is 86.6 Å². The number of amides is 6. The smallest absolute Gasteiger partial charge is 0.261 e. The summed E-state index contributed by atoms with van der Waals surface area (Å²) >= 11 is 0. The molecule has 0 spiro atoms. The van der Waals surface area contributed by atoms with Gasteiger partial charge in [0.2, 0.25) is 23.6 Å². The normalized spacial score (nSPS) is 16.7. The van der Waals surface area contributed by atoms with Crippen molar-refractivity contribution in [2.24, 2.45) is 10.7 Å². The molecule has 0 radical (unpaired) electrons. The van der Waals surface area contributed by atoms with Crippen molar-refractivity contribution in [2.75, 3.05) is 41.2 Å². The Labute approximate surface area is 416 Å². The van der Waals surface area contributed by atoms with Crippen molar-refractivity contribution < 1.29 is 47.7 Å². The van der Waals surface area contributed by atoms with Crippen LogP contribution >= 0.6 is 0 Å². The Balaban J connectivity index is 0.939. The first-order valence-corrected chi connectivity index (χ1v) is 23.9. The number of methoxy groups -OCH3 is 2. The molecule has 72 heavy (non-hydrogen) atoms. The number of anilines is 4. The van der Waals surface area contributed by atoms with Gasteiger partial charge in [-0.05, 0) is 97.8 Å². The molecule has 0 fully saturated rings. The molecule has 4 atom stereocenters. The lowest BCUT2D eigenvalue weighted by atomic mass is 10.1. The number of carbonyl (C=O) groups is 6. The lowest BCUT2D eigenvalue weighted by molar-refractivity contribution is -0.130. The monoisotopic (exact) mass is 976 g/mol. The third-order valence-electron chi connectivity index (χ3n) is 13.2. The molecule has 0 saturated heterocycles. The van der Waals surface area contributed by atoms with E-state index < -0.39 is 29.8 Å². The number of unbranched alkanes of at least 4 members (excludes halogenated alkanes) is 1. The van der Waals surface area contributed by atoms with Gasteiger partial charge in [-0.15, -0.1) is 0 Å². The highest BCUT2D eigenvalue weighted by atomic mass is 16.5. The number of fused-ring (bicyclic) bond motifs is 8. The van der Waals surface area contributed by atoms with Crippen LogP contribution in [0.3, 0.4) is 0 Å². The predicted octanol–water partition coefficient (Wildman–Crippen LogP) is 6.14. The first kappa shape index (κ1) is 48.6. The number of carbonyl (C=O) groups excluding carboxylic acids is 6. The molecule has 6 N–H and O–H groups in total. The summed E-state index contributed by atoms with van der Waals surface area (Å²) in [5.41, 5.74) is 12.6. The van der Waals surface area contributed by atoms with Crippen molar-refractivity contribution >= 4 is 70.1 Å². The third-order valence-corrected chi connectivity index (χ3v) is 13.2. The van der Waals surface area contributed by atoms with E-state index in [0.29, 0.717) is 88.1 Å². The molecular formula is C54H56N8O10. The second-order valence-corrected chi connectivity index (χ2v) is 18.3. The maximum Gasteiger partial charge on any atom is 0.261 e. The van der Waals surface area contributed by atoms with Crippen molar-refractivity contribution in [3.63, 3.8) is 0 Å². The SMILES string of the molecule is COc1cc2c(cc1OCc1cc(COc3cc4c(cc3OC)C(=O)N3c5ccccc5C[C@H]3CN4)cc(NC(=O)[C@@H](C)NC(=O)[C@H](C)NC(=O)CCCCC(N)=O)c1)N=C[C@@H]1Cc3ccccc3N1C2=O. The second kappa shape index (κ2) is 20.9. The fourth-order valence-corrected chi connectivity index (χ4v) is 9.54. The zero-order chi connectivity index (χ0) is 50.6. The minimum atomic E-state index is -1.02. The Hall–Kier alpha value is -8.41. The van der Waals surface area contributed by atoms with Gasteiger partial charge in [-0.1, -0.05) is 36.4 Å². The summed E-state index contributed by atoms with van der Waals surface area (Å²) in [6, 6.07) is 25.5. The molecule has 4 aliphatic heterocycles. The third kappa shape index (κ3) is 10.2. The van der Waals surface area contributed by atoms with E-state index in [0.717, 1.165) is 28.9 Å². The largest absolute Gasteiger partial charge is 0.493 e. The quantitative estimate of drug-likeness (QED) is 0.0626. The Bertz CT molecular complexity index is 3010. The molecule has 4 aliphatic rings. The maximum absolute atomic E-state index is 14.1. The number of aliphatic imine (C=N–C) groups is 1. The number of nitrogens with two attached hydrogens (primary N) is 1. The molecule has 372 valence electrons. The maximum atomic E-state index is 14.1. The predicted molar refractivity (Wildman–Crippen MR) is 271 cm³/mol. The number of primary amides is 1. The number of para-hydroxylation sites is 2. The number of nitrogens with one attached hydrogen (secondary N) is 4. The molecule has 0 aromatic heterocycles. The second-order valence-electron chi connectivity index (χ2n) is 18.3. The fourth-order valence-electron chi connectivity index (χ4n) is 9.54. The van der Waals surface area contributed by atoms with Gasteiger partial charge in [0.05, 0.1) is 48.8 Å². The van der Waals surface area contributed by atoms with Gasteiger partial charge in [-0.25, -0.2) is 0 Å². The van der Waals surface area contributed by atoms with Crippen LogP contribution < -0.4 is 55.7 Å². The first-order chi connectivity index (χ1) is 34.8. The minimum Gasteiger partial charge on any atom is -0.493 e. The molecule has 0 aliphatic carbocycles. The zero-order valence-electron chi connectivity index (χ0n) is 40.4. The highest BCUT2D eigenvalue weighted by Crippen LogP contribution is 2.43. The molecule has 6 amide bonds. The van der Waals surface area contributed by atoms with E-state index >= 15 is 0 Å². The van der Waals surface area contributed by atoms with Gasteiger partial charge < -0.3 is 50.8 Å². The number of benzene rings is 5. The zero-order valence-corrected chi connectivity index (χ0v) is 40.4. The van der Waals surface area contributed by atoms with Crippen LogP contribution in [0.25, 0.3) is 0 Å². The summed E-state index contributed by atoms with van der Waals surface area (Å²) in [4.78, 5) is 86.8. The molecule has 18 heteroatoms. The Morgan fingerprint density at radius 1 is 0.708 bits per heavy atom. The van der Waals surface area contributed by atoms with Crippen LogP contribution in [0.5, 0.6) is 23.0 Å². The van der Waals surface area contributed by atoms with Crippen LogP contribution in [0.15, 0.2) is 96.0 Å². The van der Waals surface area contributed by atoms with Crippen LogP contribution in [0.2, 0.25) is 0 Å². The van der Waals surface area contributed by atoms with E-state index in [2.05, 4.69) is 21.3 Å². The molecular weight excluding hydrogens is 921 g/mol. The van der Waals surface area contributed by atoms with Crippen LogP contribution in [0.1, 0.15) is 82.5 Å². The summed E-state index contributed by atoms with van der Waals surface area (Å²) in [6.07, 6.45) is 4.32. The molecule has 0 saturated carbocycles.